The van der Waals surface area contributed by atoms with Crippen molar-refractivity contribution in [2.24, 2.45) is 0 Å². The number of rotatable bonds is 3. The van der Waals surface area contributed by atoms with Crippen LogP contribution in [0.5, 0.6) is 5.75 Å². The van der Waals surface area contributed by atoms with Gasteiger partial charge in [0.05, 0.1) is 17.9 Å². The summed E-state index contributed by atoms with van der Waals surface area (Å²) < 4.78 is 11.8. The molecule has 2 atom stereocenters. The second-order valence-electron chi connectivity index (χ2n) is 7.29. The van der Waals surface area contributed by atoms with Gasteiger partial charge in [-0.25, -0.2) is 9.97 Å². The number of aliphatic hydroxyl groups excluding tert-OH is 1. The predicted molar refractivity (Wildman–Crippen MR) is 98.6 cm³/mol. The molecule has 1 aromatic heterocycles. The maximum atomic E-state index is 10.4. The van der Waals surface area contributed by atoms with Gasteiger partial charge in [0.2, 0.25) is 0 Å². The van der Waals surface area contributed by atoms with Crippen molar-refractivity contribution in [1.82, 2.24) is 9.97 Å². The lowest BCUT2D eigenvalue weighted by molar-refractivity contribution is -0.0386. The van der Waals surface area contributed by atoms with E-state index in [1.54, 1.807) is 0 Å². The summed E-state index contributed by atoms with van der Waals surface area (Å²) in [5, 5.41) is 10.4. The second-order valence-corrected chi connectivity index (χ2v) is 7.29. The normalized spacial score (nSPS) is 22.0. The van der Waals surface area contributed by atoms with Gasteiger partial charge >= 0.3 is 0 Å². The molecular weight excluding hydrogens is 330 g/mol. The Labute approximate surface area is 153 Å². The Morgan fingerprint density at radius 1 is 1.23 bits per heavy atom. The van der Waals surface area contributed by atoms with Crippen LogP contribution in [0.2, 0.25) is 0 Å². The molecule has 0 aliphatic carbocycles. The molecule has 138 valence electrons. The van der Waals surface area contributed by atoms with Crippen LogP contribution in [-0.4, -0.2) is 46.5 Å². The number of aromatic nitrogens is 2. The Kier molecular flexibility index (Phi) is 4.54. The summed E-state index contributed by atoms with van der Waals surface area (Å²) in [7, 11) is 0. The molecule has 1 saturated heterocycles. The molecule has 1 fully saturated rings. The number of aliphatic hydroxyl groups is 1. The van der Waals surface area contributed by atoms with Crippen LogP contribution in [-0.2, 0) is 17.8 Å². The molecule has 3 heterocycles. The van der Waals surface area contributed by atoms with Crippen molar-refractivity contribution in [3.05, 3.63) is 46.9 Å². The van der Waals surface area contributed by atoms with Gasteiger partial charge < -0.3 is 19.5 Å². The molecule has 26 heavy (non-hydrogen) atoms. The number of para-hydroxylation sites is 1. The number of β-amino-alcohol motifs (C(OH)–C–C–N with tert-alkyl or cyclic N) is 1. The highest BCUT2D eigenvalue weighted by Gasteiger charge is 2.35. The third-order valence-electron chi connectivity index (χ3n) is 4.87. The Balaban J connectivity index is 1.69. The van der Waals surface area contributed by atoms with Gasteiger partial charge in [0.1, 0.15) is 30.1 Å². The third-order valence-corrected chi connectivity index (χ3v) is 4.87. The molecule has 1 aromatic carbocycles. The third kappa shape index (κ3) is 3.27. The fourth-order valence-electron chi connectivity index (χ4n) is 3.74. The number of aryl methyl sites for hydroxylation is 1. The topological polar surface area (TPSA) is 67.7 Å². The van der Waals surface area contributed by atoms with Crippen molar-refractivity contribution in [2.45, 2.75) is 52.1 Å². The molecular formula is C20H25N3O3. The monoisotopic (exact) mass is 355 g/mol. The zero-order chi connectivity index (χ0) is 18.3. The molecule has 0 bridgehead atoms. The molecule has 2 aromatic rings. The van der Waals surface area contributed by atoms with Crippen LogP contribution in [0.25, 0.3) is 0 Å². The maximum absolute atomic E-state index is 10.4. The van der Waals surface area contributed by atoms with Gasteiger partial charge in [-0.05, 0) is 32.4 Å². The van der Waals surface area contributed by atoms with E-state index in [0.717, 1.165) is 40.6 Å². The number of hydrogen-bond acceptors (Lipinski definition) is 6. The highest BCUT2D eigenvalue weighted by atomic mass is 16.5. The Bertz CT molecular complexity index is 809. The van der Waals surface area contributed by atoms with Gasteiger partial charge in [-0.2, -0.15) is 0 Å². The first-order chi connectivity index (χ1) is 12.5. The fourth-order valence-corrected chi connectivity index (χ4v) is 3.74. The SMILES string of the molecule is Cc1nc2c(c(N3C[C@@H](O)[C@H](OC(C)C)C3)n1)Cc1ccccc1OC2. The predicted octanol–water partition coefficient (Wildman–Crippen LogP) is 2.24. The van der Waals surface area contributed by atoms with Gasteiger partial charge in [-0.3, -0.25) is 0 Å². The molecule has 4 rings (SSSR count). The van der Waals surface area contributed by atoms with Crippen molar-refractivity contribution in [1.29, 1.82) is 0 Å². The summed E-state index contributed by atoms with van der Waals surface area (Å²) in [6, 6.07) is 8.08. The van der Waals surface area contributed by atoms with Crippen molar-refractivity contribution in [3.63, 3.8) is 0 Å². The van der Waals surface area contributed by atoms with E-state index in [1.165, 1.54) is 0 Å². The molecule has 6 nitrogen and oxygen atoms in total. The molecule has 0 saturated carbocycles. The molecule has 0 spiro atoms. The van der Waals surface area contributed by atoms with Crippen LogP contribution in [0, 0.1) is 6.92 Å². The number of hydrogen-bond donors (Lipinski definition) is 1. The number of ether oxygens (including phenoxy) is 2. The van der Waals surface area contributed by atoms with Crippen molar-refractivity contribution in [2.75, 3.05) is 18.0 Å². The van der Waals surface area contributed by atoms with E-state index in [1.807, 2.05) is 39.0 Å². The minimum absolute atomic E-state index is 0.0825. The number of anilines is 1. The van der Waals surface area contributed by atoms with Crippen molar-refractivity contribution < 1.29 is 14.6 Å². The van der Waals surface area contributed by atoms with Gasteiger partial charge in [-0.1, -0.05) is 18.2 Å². The summed E-state index contributed by atoms with van der Waals surface area (Å²) in [6.07, 6.45) is 0.0932. The largest absolute Gasteiger partial charge is 0.487 e. The molecule has 1 N–H and O–H groups in total. The fraction of sp³-hybridized carbons (Fsp3) is 0.500. The Morgan fingerprint density at radius 3 is 2.85 bits per heavy atom. The average molecular weight is 355 g/mol. The summed E-state index contributed by atoms with van der Waals surface area (Å²) in [5.74, 6) is 2.51. The van der Waals surface area contributed by atoms with Crippen LogP contribution in [0.3, 0.4) is 0 Å². The standard InChI is InChI=1S/C20H25N3O3/c1-12(2)26-19-10-23(9-17(19)24)20-15-8-14-6-4-5-7-18(14)25-11-16(15)21-13(3)22-20/h4-7,12,17,19,24H,8-11H2,1-3H3/t17-,19-/m1/s1. The van der Waals surface area contributed by atoms with Gasteiger partial charge in [0, 0.05) is 25.1 Å². The van der Waals surface area contributed by atoms with E-state index in [4.69, 9.17) is 14.5 Å². The van der Waals surface area contributed by atoms with Gasteiger partial charge in [0.15, 0.2) is 0 Å². The number of nitrogens with zero attached hydrogens (tertiary/aromatic N) is 3. The highest BCUT2D eigenvalue weighted by Crippen LogP contribution is 2.33. The first kappa shape index (κ1) is 17.2. The van der Waals surface area contributed by atoms with Crippen LogP contribution < -0.4 is 9.64 Å². The lowest BCUT2D eigenvalue weighted by Gasteiger charge is -2.22. The zero-order valence-electron chi connectivity index (χ0n) is 15.5. The van der Waals surface area contributed by atoms with Crippen LogP contribution in [0.15, 0.2) is 24.3 Å². The van der Waals surface area contributed by atoms with Gasteiger partial charge in [-0.15, -0.1) is 0 Å². The maximum Gasteiger partial charge on any atom is 0.136 e. The Morgan fingerprint density at radius 2 is 2.04 bits per heavy atom. The summed E-state index contributed by atoms with van der Waals surface area (Å²) in [5.41, 5.74) is 3.14. The number of benzene rings is 1. The molecule has 6 heteroatoms. The smallest absolute Gasteiger partial charge is 0.136 e. The molecule has 0 unspecified atom stereocenters. The van der Waals surface area contributed by atoms with E-state index in [9.17, 15) is 5.11 Å². The second kappa shape index (κ2) is 6.85. The minimum Gasteiger partial charge on any atom is -0.487 e. The first-order valence-electron chi connectivity index (χ1n) is 9.17. The summed E-state index contributed by atoms with van der Waals surface area (Å²) in [4.78, 5) is 11.5. The summed E-state index contributed by atoms with van der Waals surface area (Å²) in [6.45, 7) is 7.46. The van der Waals surface area contributed by atoms with E-state index in [-0.39, 0.29) is 12.2 Å². The van der Waals surface area contributed by atoms with Crippen LogP contribution >= 0.6 is 0 Å². The molecule has 2 aliphatic rings. The quantitative estimate of drug-likeness (QED) is 0.911. The zero-order valence-corrected chi connectivity index (χ0v) is 15.5. The van der Waals surface area contributed by atoms with Crippen molar-refractivity contribution >= 4 is 5.82 Å². The van der Waals surface area contributed by atoms with E-state index < -0.39 is 6.10 Å². The van der Waals surface area contributed by atoms with E-state index in [2.05, 4.69) is 16.0 Å². The van der Waals surface area contributed by atoms with Crippen LogP contribution in [0.4, 0.5) is 5.82 Å². The summed E-state index contributed by atoms with van der Waals surface area (Å²) >= 11 is 0. The van der Waals surface area contributed by atoms with E-state index >= 15 is 0 Å². The van der Waals surface area contributed by atoms with Crippen molar-refractivity contribution in [3.8, 4) is 5.75 Å². The lowest BCUT2D eigenvalue weighted by Crippen LogP contribution is -2.29. The highest BCUT2D eigenvalue weighted by molar-refractivity contribution is 5.55. The average Bonchev–Trinajstić information content (AvgIpc) is 2.85. The minimum atomic E-state index is -0.516. The Hall–Kier alpha value is -2.18. The van der Waals surface area contributed by atoms with Crippen LogP contribution in [0.1, 0.15) is 36.5 Å². The van der Waals surface area contributed by atoms with E-state index in [0.29, 0.717) is 19.7 Å². The molecule has 0 amide bonds. The molecule has 2 aliphatic heterocycles. The lowest BCUT2D eigenvalue weighted by atomic mass is 10.0. The number of fused-ring (bicyclic) bond motifs is 2. The first-order valence-corrected chi connectivity index (χ1v) is 9.17. The molecule has 0 radical (unpaired) electrons. The van der Waals surface area contributed by atoms with Gasteiger partial charge in [0.25, 0.3) is 0 Å².